The lowest BCUT2D eigenvalue weighted by molar-refractivity contribution is -0.145. The number of aliphatic hydroxyl groups excluding tert-OH is 1. The van der Waals surface area contributed by atoms with Crippen molar-refractivity contribution in [3.8, 4) is 5.75 Å². The quantitative estimate of drug-likeness (QED) is 0.609. The van der Waals surface area contributed by atoms with Crippen LogP contribution in [0.5, 0.6) is 5.75 Å². The van der Waals surface area contributed by atoms with E-state index in [-0.39, 0.29) is 12.2 Å². The minimum Gasteiger partial charge on any atom is -0.508 e. The fourth-order valence-corrected chi connectivity index (χ4v) is 1.61. The van der Waals surface area contributed by atoms with E-state index in [0.29, 0.717) is 12.0 Å². The van der Waals surface area contributed by atoms with E-state index < -0.39 is 24.0 Å². The van der Waals surface area contributed by atoms with E-state index in [2.05, 4.69) is 5.32 Å². The third-order valence-corrected chi connectivity index (χ3v) is 2.61. The summed E-state index contributed by atoms with van der Waals surface area (Å²) < 4.78 is 0. The van der Waals surface area contributed by atoms with Crippen LogP contribution in [0.1, 0.15) is 31.4 Å². The number of carbonyl (C=O) groups excluding carboxylic acids is 1. The van der Waals surface area contributed by atoms with Crippen molar-refractivity contribution in [2.75, 3.05) is 0 Å². The van der Waals surface area contributed by atoms with Gasteiger partial charge in [0.2, 0.25) is 5.91 Å². The molecule has 1 aromatic rings. The predicted octanol–water partition coefficient (Wildman–Crippen LogP) is 0.795. The van der Waals surface area contributed by atoms with Crippen molar-refractivity contribution in [1.82, 2.24) is 5.32 Å². The van der Waals surface area contributed by atoms with Crippen LogP contribution in [0.25, 0.3) is 0 Å². The fourth-order valence-electron chi connectivity index (χ4n) is 1.61. The molecule has 0 spiro atoms. The summed E-state index contributed by atoms with van der Waals surface area (Å²) in [5, 5.41) is 30.4. The second-order valence-electron chi connectivity index (χ2n) is 4.17. The number of hydrogen-bond donors (Lipinski definition) is 4. The Kier molecular flexibility index (Phi) is 5.32. The highest BCUT2D eigenvalue weighted by Crippen LogP contribution is 2.20. The van der Waals surface area contributed by atoms with Gasteiger partial charge in [0.15, 0.2) is 6.04 Å². The second kappa shape index (κ2) is 6.75. The van der Waals surface area contributed by atoms with Gasteiger partial charge < -0.3 is 20.6 Å². The Bertz CT molecular complexity index is 443. The third kappa shape index (κ3) is 4.26. The van der Waals surface area contributed by atoms with Crippen LogP contribution in [0.15, 0.2) is 24.3 Å². The van der Waals surface area contributed by atoms with Gasteiger partial charge in [0.05, 0.1) is 0 Å². The Labute approximate surface area is 110 Å². The molecule has 0 heterocycles. The van der Waals surface area contributed by atoms with Crippen molar-refractivity contribution in [1.29, 1.82) is 0 Å². The number of hydrogen-bond acceptors (Lipinski definition) is 4. The van der Waals surface area contributed by atoms with Crippen LogP contribution >= 0.6 is 0 Å². The van der Waals surface area contributed by atoms with Crippen LogP contribution in [-0.4, -0.2) is 33.2 Å². The number of carbonyl (C=O) groups is 2. The molecular weight excluding hydrogens is 250 g/mol. The Morgan fingerprint density at radius 1 is 1.26 bits per heavy atom. The molecule has 0 aliphatic carbocycles. The SMILES string of the molecule is CCCC(=O)NC(C(=O)O)C(O)c1ccc(O)cc1. The van der Waals surface area contributed by atoms with Crippen molar-refractivity contribution >= 4 is 11.9 Å². The number of rotatable bonds is 6. The van der Waals surface area contributed by atoms with E-state index in [1.807, 2.05) is 0 Å². The normalized spacial score (nSPS) is 13.6. The van der Waals surface area contributed by atoms with E-state index in [1.165, 1.54) is 24.3 Å². The Balaban J connectivity index is 2.83. The van der Waals surface area contributed by atoms with Crippen molar-refractivity contribution in [2.45, 2.75) is 31.9 Å². The summed E-state index contributed by atoms with van der Waals surface area (Å²) in [6, 6.07) is 4.07. The smallest absolute Gasteiger partial charge is 0.329 e. The first-order valence-electron chi connectivity index (χ1n) is 5.95. The number of benzene rings is 1. The van der Waals surface area contributed by atoms with Crippen molar-refractivity contribution in [3.05, 3.63) is 29.8 Å². The Morgan fingerprint density at radius 2 is 1.84 bits per heavy atom. The van der Waals surface area contributed by atoms with Gasteiger partial charge in [0, 0.05) is 6.42 Å². The molecule has 6 nitrogen and oxygen atoms in total. The summed E-state index contributed by atoms with van der Waals surface area (Å²) in [6.45, 7) is 1.80. The summed E-state index contributed by atoms with van der Waals surface area (Å²) in [7, 11) is 0. The molecule has 0 saturated carbocycles. The summed E-state index contributed by atoms with van der Waals surface area (Å²) in [5.41, 5.74) is 0.307. The number of aliphatic carboxylic acids is 1. The van der Waals surface area contributed by atoms with E-state index in [9.17, 15) is 14.7 Å². The molecule has 19 heavy (non-hydrogen) atoms. The molecule has 104 valence electrons. The van der Waals surface area contributed by atoms with Crippen molar-refractivity contribution in [2.24, 2.45) is 0 Å². The average molecular weight is 267 g/mol. The zero-order valence-electron chi connectivity index (χ0n) is 10.5. The maximum Gasteiger partial charge on any atom is 0.329 e. The average Bonchev–Trinajstić information content (AvgIpc) is 2.36. The van der Waals surface area contributed by atoms with Crippen molar-refractivity contribution < 1.29 is 24.9 Å². The van der Waals surface area contributed by atoms with Crippen LogP contribution < -0.4 is 5.32 Å². The Hall–Kier alpha value is -2.08. The fraction of sp³-hybridized carbons (Fsp3) is 0.385. The summed E-state index contributed by atoms with van der Waals surface area (Å²) in [5.74, 6) is -1.73. The van der Waals surface area contributed by atoms with Crippen molar-refractivity contribution in [3.63, 3.8) is 0 Å². The highest BCUT2D eigenvalue weighted by Gasteiger charge is 2.29. The summed E-state index contributed by atoms with van der Waals surface area (Å²) in [6.07, 6.45) is -0.585. The number of aliphatic hydroxyl groups is 1. The zero-order valence-corrected chi connectivity index (χ0v) is 10.5. The minimum atomic E-state index is -1.41. The van der Waals surface area contributed by atoms with Crippen LogP contribution in [0, 0.1) is 0 Å². The number of nitrogens with one attached hydrogen (secondary N) is 1. The molecule has 1 amide bonds. The lowest BCUT2D eigenvalue weighted by Crippen LogP contribution is -2.44. The number of phenolic OH excluding ortho intramolecular Hbond substituents is 1. The van der Waals surface area contributed by atoms with E-state index in [1.54, 1.807) is 6.92 Å². The monoisotopic (exact) mass is 267 g/mol. The zero-order chi connectivity index (χ0) is 14.4. The van der Waals surface area contributed by atoms with Gasteiger partial charge in [-0.3, -0.25) is 4.79 Å². The van der Waals surface area contributed by atoms with E-state index in [0.717, 1.165) is 0 Å². The lowest BCUT2D eigenvalue weighted by Gasteiger charge is -2.20. The van der Waals surface area contributed by atoms with Gasteiger partial charge >= 0.3 is 5.97 Å². The molecule has 1 rings (SSSR count). The highest BCUT2D eigenvalue weighted by atomic mass is 16.4. The topological polar surface area (TPSA) is 107 Å². The Morgan fingerprint density at radius 3 is 2.32 bits per heavy atom. The second-order valence-corrected chi connectivity index (χ2v) is 4.17. The number of amides is 1. The molecule has 2 atom stereocenters. The molecule has 0 aromatic heterocycles. The molecule has 0 bridgehead atoms. The molecule has 0 aliphatic rings. The number of phenols is 1. The van der Waals surface area contributed by atoms with Crippen LogP contribution in [0.3, 0.4) is 0 Å². The van der Waals surface area contributed by atoms with Gasteiger partial charge in [0.1, 0.15) is 11.9 Å². The first kappa shape index (κ1) is 15.0. The molecule has 0 radical (unpaired) electrons. The molecule has 1 aromatic carbocycles. The van der Waals surface area contributed by atoms with Crippen LogP contribution in [0.2, 0.25) is 0 Å². The van der Waals surface area contributed by atoms with Gasteiger partial charge in [-0.25, -0.2) is 4.79 Å². The minimum absolute atomic E-state index is 0.0119. The predicted molar refractivity (Wildman–Crippen MR) is 67.5 cm³/mol. The molecule has 0 aliphatic heterocycles. The molecule has 4 N–H and O–H groups in total. The van der Waals surface area contributed by atoms with E-state index in [4.69, 9.17) is 10.2 Å². The van der Waals surface area contributed by atoms with Gasteiger partial charge in [-0.05, 0) is 24.1 Å². The molecule has 0 fully saturated rings. The molecule has 2 unspecified atom stereocenters. The maximum absolute atomic E-state index is 11.4. The van der Waals surface area contributed by atoms with Gasteiger partial charge in [-0.2, -0.15) is 0 Å². The summed E-state index contributed by atoms with van der Waals surface area (Å²) >= 11 is 0. The third-order valence-electron chi connectivity index (χ3n) is 2.61. The summed E-state index contributed by atoms with van der Waals surface area (Å²) in [4.78, 5) is 22.5. The largest absolute Gasteiger partial charge is 0.508 e. The number of aromatic hydroxyl groups is 1. The molecule has 0 saturated heterocycles. The van der Waals surface area contributed by atoms with Crippen LogP contribution in [-0.2, 0) is 9.59 Å². The maximum atomic E-state index is 11.4. The molecular formula is C13H17NO5. The molecule has 6 heteroatoms. The van der Waals surface area contributed by atoms with Gasteiger partial charge in [0.25, 0.3) is 0 Å². The first-order chi connectivity index (χ1) is 8.95. The van der Waals surface area contributed by atoms with Gasteiger partial charge in [-0.1, -0.05) is 19.1 Å². The first-order valence-corrected chi connectivity index (χ1v) is 5.95. The van der Waals surface area contributed by atoms with Gasteiger partial charge in [-0.15, -0.1) is 0 Å². The lowest BCUT2D eigenvalue weighted by atomic mass is 10.0. The van der Waals surface area contributed by atoms with E-state index >= 15 is 0 Å². The standard InChI is InChI=1S/C13H17NO5/c1-2-3-10(16)14-11(13(18)19)12(17)8-4-6-9(15)7-5-8/h4-7,11-12,15,17H,2-3H2,1H3,(H,14,16)(H,18,19). The van der Waals surface area contributed by atoms with Crippen LogP contribution in [0.4, 0.5) is 0 Å². The number of carboxylic acid groups (broad SMARTS) is 1. The highest BCUT2D eigenvalue weighted by molar-refractivity contribution is 5.84. The number of carboxylic acids is 1.